The Morgan fingerprint density at radius 3 is 2.87 bits per heavy atom. The number of hydrogen-bond acceptors (Lipinski definition) is 6. The van der Waals surface area contributed by atoms with Gasteiger partial charge in [-0.1, -0.05) is 18.2 Å². The molecule has 4 rings (SSSR count). The van der Waals surface area contributed by atoms with Gasteiger partial charge in [-0.3, -0.25) is 9.69 Å². The van der Waals surface area contributed by atoms with Gasteiger partial charge in [0.1, 0.15) is 6.26 Å². The lowest BCUT2D eigenvalue weighted by Crippen LogP contribution is -2.48. The van der Waals surface area contributed by atoms with E-state index in [9.17, 15) is 4.79 Å². The Bertz CT molecular complexity index is 880. The van der Waals surface area contributed by atoms with Crippen molar-refractivity contribution in [2.24, 2.45) is 5.73 Å². The fourth-order valence-electron chi connectivity index (χ4n) is 4.42. The molecule has 2 aliphatic heterocycles. The van der Waals surface area contributed by atoms with Crippen molar-refractivity contribution in [3.63, 3.8) is 0 Å². The van der Waals surface area contributed by atoms with E-state index in [2.05, 4.69) is 51.8 Å². The summed E-state index contributed by atoms with van der Waals surface area (Å²) in [4.78, 5) is 16.0. The van der Waals surface area contributed by atoms with Crippen LogP contribution in [0.4, 0.5) is 0 Å². The number of nitrogens with zero attached hydrogens (tertiary/aromatic N) is 2. The van der Waals surface area contributed by atoms with Gasteiger partial charge in [0.15, 0.2) is 12.0 Å². The van der Waals surface area contributed by atoms with E-state index in [0.29, 0.717) is 12.5 Å². The van der Waals surface area contributed by atoms with Gasteiger partial charge in [0.2, 0.25) is 11.8 Å². The van der Waals surface area contributed by atoms with Crippen LogP contribution < -0.4 is 5.73 Å². The van der Waals surface area contributed by atoms with Gasteiger partial charge in [-0.2, -0.15) is 11.3 Å². The lowest BCUT2D eigenvalue weighted by molar-refractivity contribution is -0.119. The summed E-state index contributed by atoms with van der Waals surface area (Å²) in [6, 6.07) is 2.68. The molecule has 0 unspecified atom stereocenters. The van der Waals surface area contributed by atoms with Crippen molar-refractivity contribution in [1.29, 1.82) is 0 Å². The highest BCUT2D eigenvalue weighted by Gasteiger charge is 2.31. The molecule has 7 heteroatoms. The first-order chi connectivity index (χ1) is 15.1. The molecule has 1 amide bonds. The van der Waals surface area contributed by atoms with Crippen molar-refractivity contribution in [1.82, 2.24) is 9.80 Å². The third-order valence-electron chi connectivity index (χ3n) is 6.16. The average molecular weight is 442 g/mol. The minimum atomic E-state index is -0.238. The van der Waals surface area contributed by atoms with Crippen LogP contribution in [-0.4, -0.2) is 40.9 Å². The molecule has 1 aliphatic carbocycles. The summed E-state index contributed by atoms with van der Waals surface area (Å²) >= 11 is 1.71. The van der Waals surface area contributed by atoms with Crippen LogP contribution >= 0.6 is 11.3 Å². The first-order valence-corrected chi connectivity index (χ1v) is 11.9. The van der Waals surface area contributed by atoms with E-state index in [1.807, 2.05) is 0 Å². The number of amides is 1. The number of piperidine rings is 1. The minimum absolute atomic E-state index is 0.179. The minimum Gasteiger partial charge on any atom is -0.463 e. The number of carbonyl (C=O) groups excluding carboxylic acids is 1. The highest BCUT2D eigenvalue weighted by Crippen LogP contribution is 2.31. The monoisotopic (exact) mass is 441 g/mol. The van der Waals surface area contributed by atoms with Crippen LogP contribution in [0, 0.1) is 0 Å². The molecule has 0 aromatic carbocycles. The van der Waals surface area contributed by atoms with E-state index >= 15 is 0 Å². The van der Waals surface area contributed by atoms with Crippen LogP contribution in [0.3, 0.4) is 0 Å². The average Bonchev–Trinajstić information content (AvgIpc) is 3.31. The Balaban J connectivity index is 1.45. The molecular formula is C24H31N3O3S. The van der Waals surface area contributed by atoms with E-state index in [-0.39, 0.29) is 11.9 Å². The van der Waals surface area contributed by atoms with Crippen LogP contribution in [-0.2, 0) is 20.8 Å². The maximum Gasteiger partial charge on any atom is 0.232 e. The molecule has 1 saturated heterocycles. The second kappa shape index (κ2) is 10.2. The molecule has 1 atom stereocenters. The highest BCUT2D eigenvalue weighted by molar-refractivity contribution is 7.07. The zero-order valence-electron chi connectivity index (χ0n) is 18.0. The van der Waals surface area contributed by atoms with Crippen molar-refractivity contribution in [2.75, 3.05) is 13.1 Å². The lowest BCUT2D eigenvalue weighted by atomic mass is 10.00. The summed E-state index contributed by atoms with van der Waals surface area (Å²) in [5, 5.41) is 4.30. The number of primary amides is 1. The Morgan fingerprint density at radius 1 is 1.35 bits per heavy atom. The number of thiophene rings is 1. The van der Waals surface area contributed by atoms with E-state index in [1.165, 1.54) is 11.1 Å². The summed E-state index contributed by atoms with van der Waals surface area (Å²) < 4.78 is 12.1. The van der Waals surface area contributed by atoms with Crippen molar-refractivity contribution < 1.29 is 14.3 Å². The number of likely N-dealkylation sites (tertiary alicyclic amines) is 1. The Morgan fingerprint density at radius 2 is 2.19 bits per heavy atom. The molecule has 3 aliphatic rings. The molecule has 3 heterocycles. The predicted octanol–water partition coefficient (Wildman–Crippen LogP) is 4.24. The molecule has 1 aromatic heterocycles. The summed E-state index contributed by atoms with van der Waals surface area (Å²) in [7, 11) is 0. The van der Waals surface area contributed by atoms with Crippen molar-refractivity contribution in [3.05, 3.63) is 70.4 Å². The standard InChI is InChI=1S/C24H31N3O3S/c1-18(13-23(25)28)26-10-7-21(8-11-26)27(14-19-9-12-31-17-19)24-16-29-15-22(30-24)20-5-3-2-4-6-20/h2-3,5,9,12,15-18,21H,4,6-8,10-11,13-14H2,1H3,(H2,25,28)/t18-/m1/s1. The molecule has 1 fully saturated rings. The lowest BCUT2D eigenvalue weighted by Gasteiger charge is -2.42. The zero-order chi connectivity index (χ0) is 21.6. The van der Waals surface area contributed by atoms with Gasteiger partial charge < -0.3 is 20.1 Å². The number of nitrogens with two attached hydrogens (primary N) is 1. The van der Waals surface area contributed by atoms with Gasteiger partial charge in [-0.25, -0.2) is 0 Å². The summed E-state index contributed by atoms with van der Waals surface area (Å²) in [5.41, 5.74) is 7.84. The van der Waals surface area contributed by atoms with Gasteiger partial charge >= 0.3 is 0 Å². The Hall–Kier alpha value is -2.51. The highest BCUT2D eigenvalue weighted by atomic mass is 32.1. The first kappa shape index (κ1) is 21.7. The van der Waals surface area contributed by atoms with Crippen LogP contribution in [0.5, 0.6) is 0 Å². The molecule has 6 nitrogen and oxygen atoms in total. The zero-order valence-corrected chi connectivity index (χ0v) is 18.9. The Labute approximate surface area is 188 Å². The van der Waals surface area contributed by atoms with Crippen molar-refractivity contribution >= 4 is 17.2 Å². The second-order valence-corrected chi connectivity index (χ2v) is 9.16. The number of rotatable bonds is 8. The van der Waals surface area contributed by atoms with Crippen LogP contribution in [0.25, 0.3) is 0 Å². The van der Waals surface area contributed by atoms with Gasteiger partial charge in [-0.05, 0) is 60.6 Å². The second-order valence-electron chi connectivity index (χ2n) is 8.38. The molecule has 166 valence electrons. The van der Waals surface area contributed by atoms with Crippen LogP contribution in [0.1, 0.15) is 44.6 Å². The van der Waals surface area contributed by atoms with Gasteiger partial charge in [0.05, 0.1) is 0 Å². The quantitative estimate of drug-likeness (QED) is 0.653. The van der Waals surface area contributed by atoms with E-state index in [1.54, 1.807) is 23.9 Å². The summed E-state index contributed by atoms with van der Waals surface area (Å²) in [6.45, 7) is 4.74. The topological polar surface area (TPSA) is 68.0 Å². The molecule has 0 saturated carbocycles. The van der Waals surface area contributed by atoms with E-state index < -0.39 is 0 Å². The molecule has 1 aromatic rings. The van der Waals surface area contributed by atoms with Gasteiger partial charge in [-0.15, -0.1) is 0 Å². The van der Waals surface area contributed by atoms with Crippen LogP contribution in [0.2, 0.25) is 0 Å². The molecule has 31 heavy (non-hydrogen) atoms. The summed E-state index contributed by atoms with van der Waals surface area (Å²) in [5.74, 6) is 1.32. The van der Waals surface area contributed by atoms with Crippen molar-refractivity contribution in [2.45, 2.75) is 57.7 Å². The first-order valence-electron chi connectivity index (χ1n) is 11.0. The summed E-state index contributed by atoms with van der Waals surface area (Å²) in [6.07, 6.45) is 14.1. The molecule has 0 bridgehead atoms. The fourth-order valence-corrected chi connectivity index (χ4v) is 5.07. The predicted molar refractivity (Wildman–Crippen MR) is 123 cm³/mol. The maximum atomic E-state index is 11.3. The number of ether oxygens (including phenoxy) is 2. The molecule has 2 N–H and O–H groups in total. The number of allylic oxidation sites excluding steroid dienone is 4. The third kappa shape index (κ3) is 5.60. The van der Waals surface area contributed by atoms with Gasteiger partial charge in [0.25, 0.3) is 0 Å². The van der Waals surface area contributed by atoms with E-state index in [0.717, 1.165) is 57.0 Å². The van der Waals surface area contributed by atoms with E-state index in [4.69, 9.17) is 15.2 Å². The number of hydrogen-bond donors (Lipinski definition) is 1. The van der Waals surface area contributed by atoms with Crippen molar-refractivity contribution in [3.8, 4) is 0 Å². The van der Waals surface area contributed by atoms with Gasteiger partial charge in [0, 0.05) is 38.1 Å². The normalized spacial score (nSPS) is 20.7. The molecule has 0 spiro atoms. The number of carbonyl (C=O) groups is 1. The maximum absolute atomic E-state index is 11.3. The largest absolute Gasteiger partial charge is 0.463 e. The Kier molecular flexibility index (Phi) is 7.14. The molecule has 0 radical (unpaired) electrons. The fraction of sp³-hybridized carbons (Fsp3) is 0.458. The smallest absolute Gasteiger partial charge is 0.232 e. The molecular weight excluding hydrogens is 410 g/mol. The SMILES string of the molecule is C[C@H](CC(N)=O)N1CCC(N(Cc2ccsc2)C2=COC=C(C3=CC=CCC3)O2)CC1. The third-order valence-corrected chi connectivity index (χ3v) is 6.90. The van der Waals surface area contributed by atoms with Crippen LogP contribution in [0.15, 0.2) is 64.8 Å².